The van der Waals surface area contributed by atoms with E-state index in [1.54, 1.807) is 7.11 Å². The van der Waals surface area contributed by atoms with E-state index in [1.807, 2.05) is 28.0 Å². The molecule has 4 rings (SSSR count). The van der Waals surface area contributed by atoms with Crippen LogP contribution in [-0.4, -0.2) is 54.0 Å². The van der Waals surface area contributed by atoms with E-state index in [-0.39, 0.29) is 30.4 Å². The van der Waals surface area contributed by atoms with Crippen molar-refractivity contribution in [2.24, 2.45) is 5.92 Å². The zero-order valence-corrected chi connectivity index (χ0v) is 19.8. The Bertz CT molecular complexity index is 812. The van der Waals surface area contributed by atoms with Gasteiger partial charge >= 0.3 is 0 Å². The normalized spacial score (nSPS) is 27.2. The second-order valence-corrected chi connectivity index (χ2v) is 9.78. The fourth-order valence-electron chi connectivity index (χ4n) is 5.67. The average molecular weight is 443 g/mol. The summed E-state index contributed by atoms with van der Waals surface area (Å²) in [6, 6.07) is 5.47. The Kier molecular flexibility index (Phi) is 7.27. The van der Waals surface area contributed by atoms with Gasteiger partial charge in [-0.1, -0.05) is 32.8 Å². The van der Waals surface area contributed by atoms with Gasteiger partial charge in [0.05, 0.1) is 13.7 Å². The van der Waals surface area contributed by atoms with Crippen molar-refractivity contribution in [1.29, 1.82) is 0 Å². The Morgan fingerprint density at radius 3 is 2.34 bits per heavy atom. The summed E-state index contributed by atoms with van der Waals surface area (Å²) in [6.45, 7) is 5.17. The van der Waals surface area contributed by atoms with Crippen LogP contribution in [0.3, 0.4) is 0 Å². The van der Waals surface area contributed by atoms with Gasteiger partial charge in [0, 0.05) is 12.1 Å². The van der Waals surface area contributed by atoms with Crippen molar-refractivity contribution >= 4 is 11.8 Å². The molecule has 0 aromatic heterocycles. The molecule has 0 N–H and O–H groups in total. The lowest BCUT2D eigenvalue weighted by Gasteiger charge is -2.47. The van der Waals surface area contributed by atoms with E-state index >= 15 is 0 Å². The van der Waals surface area contributed by atoms with Gasteiger partial charge in [0.2, 0.25) is 5.91 Å². The predicted molar refractivity (Wildman–Crippen MR) is 124 cm³/mol. The quantitative estimate of drug-likeness (QED) is 0.613. The molecule has 2 amide bonds. The smallest absolute Gasteiger partial charge is 0.250 e. The molecule has 6 nitrogen and oxygen atoms in total. The Balaban J connectivity index is 1.67. The van der Waals surface area contributed by atoms with Crippen LogP contribution < -0.4 is 9.47 Å². The maximum absolute atomic E-state index is 13.9. The highest BCUT2D eigenvalue weighted by Gasteiger charge is 2.46. The number of carbonyl (C=O) groups is 2. The number of ether oxygens (including phenoxy) is 2. The minimum atomic E-state index is -0.576. The molecule has 3 fully saturated rings. The number of rotatable bonds is 7. The van der Waals surface area contributed by atoms with Crippen LogP contribution in [0.15, 0.2) is 18.2 Å². The van der Waals surface area contributed by atoms with Crippen LogP contribution in [0, 0.1) is 5.92 Å². The van der Waals surface area contributed by atoms with Gasteiger partial charge in [-0.3, -0.25) is 9.59 Å². The predicted octanol–water partition coefficient (Wildman–Crippen LogP) is 4.72. The number of benzene rings is 1. The van der Waals surface area contributed by atoms with E-state index in [2.05, 4.69) is 13.8 Å². The lowest BCUT2D eigenvalue weighted by molar-refractivity contribution is -0.162. The minimum Gasteiger partial charge on any atom is -0.493 e. The van der Waals surface area contributed by atoms with Crippen molar-refractivity contribution in [2.75, 3.05) is 20.3 Å². The molecule has 1 heterocycles. The molecule has 1 aromatic rings. The highest BCUT2D eigenvalue weighted by molar-refractivity contribution is 5.96. The minimum absolute atomic E-state index is 0.0698. The van der Waals surface area contributed by atoms with E-state index in [9.17, 15) is 9.59 Å². The summed E-state index contributed by atoms with van der Waals surface area (Å²) >= 11 is 0. The second kappa shape index (κ2) is 10.1. The summed E-state index contributed by atoms with van der Waals surface area (Å²) < 4.78 is 11.4. The number of carbonyl (C=O) groups excluding carboxylic acids is 2. The molecular formula is C26H38N2O4. The molecule has 3 aliphatic rings. The Morgan fingerprint density at radius 1 is 0.969 bits per heavy atom. The molecular weight excluding hydrogens is 404 g/mol. The van der Waals surface area contributed by atoms with Gasteiger partial charge in [0.15, 0.2) is 11.5 Å². The first-order valence-electron chi connectivity index (χ1n) is 12.5. The van der Waals surface area contributed by atoms with Crippen LogP contribution in [-0.2, 0) is 9.59 Å². The summed E-state index contributed by atoms with van der Waals surface area (Å²) in [5, 5.41) is 0. The molecule has 0 radical (unpaired) electrons. The highest BCUT2D eigenvalue weighted by Crippen LogP contribution is 2.40. The fraction of sp³-hybridized carbons (Fsp3) is 0.692. The number of piperazine rings is 1. The van der Waals surface area contributed by atoms with E-state index in [4.69, 9.17) is 9.47 Å². The third kappa shape index (κ3) is 4.60. The summed E-state index contributed by atoms with van der Waals surface area (Å²) in [6.07, 6.45) is 9.32. The largest absolute Gasteiger partial charge is 0.493 e. The number of hydrogen-bond acceptors (Lipinski definition) is 4. The van der Waals surface area contributed by atoms with Crippen molar-refractivity contribution in [3.63, 3.8) is 0 Å². The number of hydrogen-bond donors (Lipinski definition) is 0. The molecule has 1 saturated heterocycles. The summed E-state index contributed by atoms with van der Waals surface area (Å²) in [5.41, 5.74) is 0.824. The van der Waals surface area contributed by atoms with Crippen molar-refractivity contribution < 1.29 is 19.1 Å². The molecule has 32 heavy (non-hydrogen) atoms. The maximum atomic E-state index is 13.9. The molecule has 1 atom stereocenters. The van der Waals surface area contributed by atoms with Gasteiger partial charge in [-0.05, 0) is 68.6 Å². The zero-order chi connectivity index (χ0) is 22.7. The monoisotopic (exact) mass is 442 g/mol. The summed E-state index contributed by atoms with van der Waals surface area (Å²) in [5.74, 6) is 2.16. The van der Waals surface area contributed by atoms with Gasteiger partial charge < -0.3 is 19.3 Å². The van der Waals surface area contributed by atoms with Crippen LogP contribution in [0.5, 0.6) is 11.5 Å². The molecule has 1 aromatic carbocycles. The fourth-order valence-corrected chi connectivity index (χ4v) is 5.67. The molecule has 2 aliphatic carbocycles. The Hall–Kier alpha value is -2.24. The van der Waals surface area contributed by atoms with Crippen molar-refractivity contribution in [3.05, 3.63) is 23.8 Å². The molecule has 1 aliphatic heterocycles. The third-order valence-electron chi connectivity index (χ3n) is 7.50. The average Bonchev–Trinajstić information content (AvgIpc) is 3.33. The molecule has 6 heteroatoms. The van der Waals surface area contributed by atoms with Crippen molar-refractivity contribution in [3.8, 4) is 11.5 Å². The van der Waals surface area contributed by atoms with E-state index in [0.29, 0.717) is 24.0 Å². The molecule has 176 valence electrons. The van der Waals surface area contributed by atoms with E-state index in [1.165, 1.54) is 0 Å². The number of methoxy groups -OCH3 is 1. The van der Waals surface area contributed by atoms with Gasteiger partial charge in [-0.2, -0.15) is 0 Å². The van der Waals surface area contributed by atoms with Gasteiger partial charge in [0.1, 0.15) is 12.6 Å². The van der Waals surface area contributed by atoms with Crippen molar-refractivity contribution in [1.82, 2.24) is 9.80 Å². The SMILES string of the molecule is CCCOc1ccc([C@H]2C(=O)N(C3CCC(C)CC3)CC(=O)N2C2CCCC2)cc1OC. The van der Waals surface area contributed by atoms with Gasteiger partial charge in [-0.15, -0.1) is 0 Å². The number of nitrogens with zero attached hydrogens (tertiary/aromatic N) is 2. The molecule has 2 saturated carbocycles. The van der Waals surface area contributed by atoms with Crippen LogP contribution in [0.25, 0.3) is 0 Å². The first-order chi connectivity index (χ1) is 15.5. The molecule has 0 bridgehead atoms. The lowest BCUT2D eigenvalue weighted by atomic mass is 9.85. The summed E-state index contributed by atoms with van der Waals surface area (Å²) in [7, 11) is 1.62. The number of amides is 2. The van der Waals surface area contributed by atoms with Crippen LogP contribution in [0.2, 0.25) is 0 Å². The van der Waals surface area contributed by atoms with Crippen LogP contribution in [0.4, 0.5) is 0 Å². The third-order valence-corrected chi connectivity index (χ3v) is 7.50. The summed E-state index contributed by atoms with van der Waals surface area (Å²) in [4.78, 5) is 31.2. The Morgan fingerprint density at radius 2 is 1.69 bits per heavy atom. The standard InChI is InChI=1S/C26H38N2O4/c1-4-15-32-22-14-11-19(16-23(22)31-3)25-26(30)27(20-12-9-18(2)10-13-20)17-24(29)28(25)21-7-5-6-8-21/h11,14,16,18,20-21,25H,4-10,12-13,15,17H2,1-3H3/t18?,20?,25-/m0/s1. The Labute approximate surface area is 192 Å². The zero-order valence-electron chi connectivity index (χ0n) is 19.8. The van der Waals surface area contributed by atoms with Gasteiger partial charge in [0.25, 0.3) is 5.91 Å². The van der Waals surface area contributed by atoms with E-state index in [0.717, 1.165) is 63.4 Å². The maximum Gasteiger partial charge on any atom is 0.250 e. The van der Waals surface area contributed by atoms with E-state index < -0.39 is 6.04 Å². The molecule has 0 spiro atoms. The van der Waals surface area contributed by atoms with Crippen LogP contribution in [0.1, 0.15) is 83.2 Å². The highest BCUT2D eigenvalue weighted by atomic mass is 16.5. The first-order valence-corrected chi connectivity index (χ1v) is 12.5. The first kappa shape index (κ1) is 22.9. The van der Waals surface area contributed by atoms with Gasteiger partial charge in [-0.25, -0.2) is 0 Å². The topological polar surface area (TPSA) is 59.1 Å². The lowest BCUT2D eigenvalue weighted by Crippen LogP contribution is -2.60. The second-order valence-electron chi connectivity index (χ2n) is 9.78. The van der Waals surface area contributed by atoms with Crippen LogP contribution >= 0.6 is 0 Å². The molecule has 0 unspecified atom stereocenters. The van der Waals surface area contributed by atoms with Crippen molar-refractivity contribution in [2.45, 2.75) is 89.8 Å².